The van der Waals surface area contributed by atoms with Crippen LogP contribution in [0.4, 0.5) is 0 Å². The molecule has 1 spiro atoms. The molecule has 0 fully saturated rings. The van der Waals surface area contributed by atoms with Gasteiger partial charge in [-0.05, 0) is 66.8 Å². The van der Waals surface area contributed by atoms with Crippen LogP contribution in [0.15, 0.2) is 200 Å². The smallest absolute Gasteiger partial charge is 0.164 e. The molecule has 0 bridgehead atoms. The molecule has 0 amide bonds. The van der Waals surface area contributed by atoms with Gasteiger partial charge in [0.1, 0.15) is 0 Å². The summed E-state index contributed by atoms with van der Waals surface area (Å²) < 4.78 is 0. The van der Waals surface area contributed by atoms with E-state index < -0.39 is 10.8 Å². The predicted molar refractivity (Wildman–Crippen MR) is 224 cm³/mol. The van der Waals surface area contributed by atoms with Crippen LogP contribution in [0.25, 0.3) is 56.4 Å². The molecule has 0 aliphatic heterocycles. The molecule has 0 saturated heterocycles. The van der Waals surface area contributed by atoms with Crippen LogP contribution in [-0.4, -0.2) is 15.0 Å². The van der Waals surface area contributed by atoms with Crippen molar-refractivity contribution in [2.24, 2.45) is 0 Å². The van der Waals surface area contributed by atoms with Gasteiger partial charge in [0.25, 0.3) is 0 Å². The molecule has 3 heteroatoms. The van der Waals surface area contributed by atoms with Crippen LogP contribution in [-0.2, 0) is 10.8 Å². The third-order valence-electron chi connectivity index (χ3n) is 12.4. The molecular weight excluding hydrogens is 679 g/mol. The third-order valence-corrected chi connectivity index (χ3v) is 12.4. The lowest BCUT2D eigenvalue weighted by Gasteiger charge is -2.48. The highest BCUT2D eigenvalue weighted by Gasteiger charge is 2.60. The summed E-state index contributed by atoms with van der Waals surface area (Å²) in [7, 11) is 0. The maximum atomic E-state index is 5.35. The van der Waals surface area contributed by atoms with Crippen molar-refractivity contribution in [2.75, 3.05) is 0 Å². The van der Waals surface area contributed by atoms with Crippen LogP contribution in [0.5, 0.6) is 0 Å². The zero-order chi connectivity index (χ0) is 36.8. The van der Waals surface area contributed by atoms with E-state index in [9.17, 15) is 0 Å². The van der Waals surface area contributed by atoms with Crippen LogP contribution in [0.1, 0.15) is 44.5 Å². The number of aromatic nitrogens is 3. The van der Waals surface area contributed by atoms with Gasteiger partial charge in [-0.25, -0.2) is 15.0 Å². The first-order chi connectivity index (χ1) is 27.8. The molecular formula is C53H33N3. The molecule has 12 rings (SSSR count). The van der Waals surface area contributed by atoms with Crippen molar-refractivity contribution in [1.29, 1.82) is 0 Å². The molecule has 9 aromatic rings. The standard InChI is InChI=1S/C53H33N3/c1-4-18-34(19-5-1)49-54-50(35-20-6-2-7-21-35)56-51(55-49)41-28-16-26-39-37-24-11-13-30-43(37)53(47(39)41)45-32-15-14-31-44(45)52(36-22-8-3-9-23-36)42-29-12-10-25-38(42)40-27-17-33-46(53)48(40)52/h1-33H. The molecule has 0 radical (unpaired) electrons. The second-order valence-electron chi connectivity index (χ2n) is 15.0. The minimum atomic E-state index is -0.669. The van der Waals surface area contributed by atoms with Gasteiger partial charge in [-0.3, -0.25) is 0 Å². The second kappa shape index (κ2) is 11.6. The fraction of sp³-hybridized carbons (Fsp3) is 0.0377. The minimum absolute atomic E-state index is 0.508. The molecule has 2 atom stereocenters. The summed E-state index contributed by atoms with van der Waals surface area (Å²) in [4.78, 5) is 15.8. The molecule has 8 aromatic carbocycles. The zero-order valence-corrected chi connectivity index (χ0v) is 30.4. The fourth-order valence-corrected chi connectivity index (χ4v) is 10.4. The Balaban J connectivity index is 1.24. The number of hydrogen-bond donors (Lipinski definition) is 0. The Morgan fingerprint density at radius 1 is 0.250 bits per heavy atom. The van der Waals surface area contributed by atoms with E-state index in [4.69, 9.17) is 15.0 Å². The van der Waals surface area contributed by atoms with E-state index in [1.165, 1.54) is 66.8 Å². The Hall–Kier alpha value is -7.23. The summed E-state index contributed by atoms with van der Waals surface area (Å²) in [6.45, 7) is 0. The van der Waals surface area contributed by atoms with Gasteiger partial charge in [0, 0.05) is 16.7 Å². The van der Waals surface area contributed by atoms with E-state index >= 15 is 0 Å². The Bertz CT molecular complexity index is 2970. The molecule has 0 N–H and O–H groups in total. The normalized spacial score (nSPS) is 17.8. The topological polar surface area (TPSA) is 38.7 Å². The van der Waals surface area contributed by atoms with Crippen LogP contribution in [0.2, 0.25) is 0 Å². The monoisotopic (exact) mass is 711 g/mol. The number of rotatable bonds is 4. The maximum absolute atomic E-state index is 5.35. The largest absolute Gasteiger partial charge is 0.208 e. The lowest BCUT2D eigenvalue weighted by Crippen LogP contribution is -2.43. The van der Waals surface area contributed by atoms with Crippen molar-refractivity contribution in [1.82, 2.24) is 15.0 Å². The van der Waals surface area contributed by atoms with E-state index in [1.807, 2.05) is 36.4 Å². The molecule has 3 nitrogen and oxygen atoms in total. The Morgan fingerprint density at radius 3 is 1.25 bits per heavy atom. The summed E-state index contributed by atoms with van der Waals surface area (Å²) in [5.41, 5.74) is 17.1. The van der Waals surface area contributed by atoms with Crippen molar-refractivity contribution in [3.8, 4) is 56.4 Å². The molecule has 1 heterocycles. The van der Waals surface area contributed by atoms with E-state index in [0.29, 0.717) is 17.5 Å². The Labute approximate surface area is 325 Å². The lowest BCUT2D eigenvalue weighted by atomic mass is 9.52. The Kier molecular flexibility index (Phi) is 6.47. The number of benzene rings is 8. The SMILES string of the molecule is c1ccc(-c2nc(-c3ccccc3)nc(-c3cccc4c3C3(c5ccccc5-4)c4ccccc4C4(c5ccccc5)c5ccccc5-c5cccc3c54)n2)cc1. The minimum Gasteiger partial charge on any atom is -0.208 e. The molecule has 260 valence electrons. The quantitative estimate of drug-likeness (QED) is 0.182. The van der Waals surface area contributed by atoms with Gasteiger partial charge >= 0.3 is 0 Å². The van der Waals surface area contributed by atoms with Crippen molar-refractivity contribution < 1.29 is 0 Å². The third kappa shape index (κ3) is 3.94. The van der Waals surface area contributed by atoms with E-state index in [2.05, 4.69) is 164 Å². The number of nitrogens with zero attached hydrogens (tertiary/aromatic N) is 3. The first kappa shape index (κ1) is 31.2. The summed E-state index contributed by atoms with van der Waals surface area (Å²) >= 11 is 0. The van der Waals surface area contributed by atoms with Crippen LogP contribution in [0.3, 0.4) is 0 Å². The van der Waals surface area contributed by atoms with Gasteiger partial charge < -0.3 is 0 Å². The fourth-order valence-electron chi connectivity index (χ4n) is 10.4. The van der Waals surface area contributed by atoms with E-state index in [1.54, 1.807) is 0 Å². The first-order valence-electron chi connectivity index (χ1n) is 19.3. The average molecular weight is 712 g/mol. The summed E-state index contributed by atoms with van der Waals surface area (Å²) in [5.74, 6) is 1.97. The van der Waals surface area contributed by atoms with E-state index in [0.717, 1.165) is 16.7 Å². The van der Waals surface area contributed by atoms with Crippen molar-refractivity contribution >= 4 is 0 Å². The van der Waals surface area contributed by atoms with Gasteiger partial charge in [-0.1, -0.05) is 200 Å². The second-order valence-corrected chi connectivity index (χ2v) is 15.0. The summed E-state index contributed by atoms with van der Waals surface area (Å²) in [6.07, 6.45) is 0. The van der Waals surface area contributed by atoms with Gasteiger partial charge in [-0.2, -0.15) is 0 Å². The highest BCUT2D eigenvalue weighted by Crippen LogP contribution is 2.69. The van der Waals surface area contributed by atoms with E-state index in [-0.39, 0.29) is 0 Å². The van der Waals surface area contributed by atoms with Crippen LogP contribution < -0.4 is 0 Å². The van der Waals surface area contributed by atoms with Crippen molar-refractivity contribution in [3.63, 3.8) is 0 Å². The van der Waals surface area contributed by atoms with Crippen molar-refractivity contribution in [2.45, 2.75) is 10.8 Å². The van der Waals surface area contributed by atoms with Gasteiger partial charge in [0.05, 0.1) is 10.8 Å². The number of fused-ring (bicyclic) bond motifs is 12. The number of hydrogen-bond acceptors (Lipinski definition) is 3. The van der Waals surface area contributed by atoms with Crippen LogP contribution in [0, 0.1) is 0 Å². The van der Waals surface area contributed by atoms with Gasteiger partial charge in [0.15, 0.2) is 17.5 Å². The summed E-state index contributed by atoms with van der Waals surface area (Å²) in [5, 5.41) is 0. The summed E-state index contributed by atoms with van der Waals surface area (Å²) in [6, 6.07) is 72.7. The van der Waals surface area contributed by atoms with Crippen molar-refractivity contribution in [3.05, 3.63) is 245 Å². The lowest BCUT2D eigenvalue weighted by molar-refractivity contribution is 0.636. The molecule has 2 unspecified atom stereocenters. The molecule has 1 aromatic heterocycles. The average Bonchev–Trinajstić information content (AvgIpc) is 3.76. The molecule has 3 aliphatic carbocycles. The van der Waals surface area contributed by atoms with Gasteiger partial charge in [-0.15, -0.1) is 0 Å². The highest BCUT2D eigenvalue weighted by molar-refractivity contribution is 5.98. The molecule has 0 saturated carbocycles. The predicted octanol–water partition coefficient (Wildman–Crippen LogP) is 11.9. The molecule has 3 aliphatic rings. The highest BCUT2D eigenvalue weighted by atomic mass is 15.0. The van der Waals surface area contributed by atoms with Gasteiger partial charge in [0.2, 0.25) is 0 Å². The Morgan fingerprint density at radius 2 is 0.643 bits per heavy atom. The molecule has 56 heavy (non-hydrogen) atoms. The zero-order valence-electron chi connectivity index (χ0n) is 30.4. The van der Waals surface area contributed by atoms with Crippen LogP contribution >= 0.6 is 0 Å². The maximum Gasteiger partial charge on any atom is 0.164 e. The first-order valence-corrected chi connectivity index (χ1v) is 19.3.